The summed E-state index contributed by atoms with van der Waals surface area (Å²) in [5.74, 6) is -0.0987. The summed E-state index contributed by atoms with van der Waals surface area (Å²) < 4.78 is 0. The molecule has 82 valence electrons. The van der Waals surface area contributed by atoms with Crippen molar-refractivity contribution in [3.63, 3.8) is 0 Å². The molecule has 0 aliphatic rings. The number of carbonyl (C=O) groups is 1. The van der Waals surface area contributed by atoms with Gasteiger partial charge in [-0.25, -0.2) is 0 Å². The van der Waals surface area contributed by atoms with E-state index in [1.807, 2.05) is 25.1 Å². The second kappa shape index (κ2) is 5.51. The van der Waals surface area contributed by atoms with Crippen LogP contribution in [0.15, 0.2) is 30.3 Å². The number of nitrogens with one attached hydrogen (secondary N) is 1. The van der Waals surface area contributed by atoms with Gasteiger partial charge in [-0.05, 0) is 25.8 Å². The summed E-state index contributed by atoms with van der Waals surface area (Å²) in [5, 5.41) is 2.86. The largest absolute Gasteiger partial charge is 0.352 e. The first-order valence-corrected chi connectivity index (χ1v) is 5.19. The van der Waals surface area contributed by atoms with Gasteiger partial charge in [0, 0.05) is 6.04 Å². The van der Waals surface area contributed by atoms with E-state index < -0.39 is 6.04 Å². The minimum Gasteiger partial charge on any atom is -0.352 e. The molecule has 0 heterocycles. The van der Waals surface area contributed by atoms with Crippen LogP contribution in [0, 0.1) is 0 Å². The number of benzene rings is 1. The Morgan fingerprint density at radius 2 is 1.93 bits per heavy atom. The molecule has 0 saturated carbocycles. The topological polar surface area (TPSA) is 55.1 Å². The molecule has 1 aromatic rings. The van der Waals surface area contributed by atoms with E-state index in [0.717, 1.165) is 6.42 Å². The molecule has 0 bridgehead atoms. The van der Waals surface area contributed by atoms with Crippen LogP contribution in [0.3, 0.4) is 0 Å². The molecule has 0 radical (unpaired) electrons. The Balaban J connectivity index is 2.43. The lowest BCUT2D eigenvalue weighted by molar-refractivity contribution is -0.122. The standard InChI is InChI=1S/C12H18N2O/c1-9(14-12(15)10(2)13)8-11-6-4-3-5-7-11/h3-7,9-10H,8,13H2,1-2H3,(H,14,15)/t9?,10-/m1/s1. The molecule has 0 saturated heterocycles. The SMILES string of the molecule is CC(Cc1ccccc1)NC(=O)[C@@H](C)N. The normalized spacial score (nSPS) is 14.3. The fraction of sp³-hybridized carbons (Fsp3) is 0.417. The minimum atomic E-state index is -0.441. The first kappa shape index (κ1) is 11.7. The molecular formula is C12H18N2O. The average molecular weight is 206 g/mol. The Bertz CT molecular complexity index is 309. The van der Waals surface area contributed by atoms with Gasteiger partial charge in [0.15, 0.2) is 0 Å². The zero-order valence-electron chi connectivity index (χ0n) is 9.23. The lowest BCUT2D eigenvalue weighted by Gasteiger charge is -2.15. The van der Waals surface area contributed by atoms with Crippen molar-refractivity contribution in [1.29, 1.82) is 0 Å². The van der Waals surface area contributed by atoms with E-state index in [1.165, 1.54) is 5.56 Å². The molecule has 1 aromatic carbocycles. The monoisotopic (exact) mass is 206 g/mol. The Kier molecular flexibility index (Phi) is 4.31. The number of rotatable bonds is 4. The quantitative estimate of drug-likeness (QED) is 0.774. The van der Waals surface area contributed by atoms with Gasteiger partial charge in [0.25, 0.3) is 0 Å². The Morgan fingerprint density at radius 3 is 2.47 bits per heavy atom. The number of hydrogen-bond acceptors (Lipinski definition) is 2. The highest BCUT2D eigenvalue weighted by Gasteiger charge is 2.10. The van der Waals surface area contributed by atoms with Gasteiger partial charge < -0.3 is 11.1 Å². The third-order valence-corrected chi connectivity index (χ3v) is 2.19. The highest BCUT2D eigenvalue weighted by Crippen LogP contribution is 2.02. The Hall–Kier alpha value is -1.35. The molecule has 1 amide bonds. The lowest BCUT2D eigenvalue weighted by atomic mass is 10.1. The lowest BCUT2D eigenvalue weighted by Crippen LogP contribution is -2.43. The Morgan fingerprint density at radius 1 is 1.33 bits per heavy atom. The third-order valence-electron chi connectivity index (χ3n) is 2.19. The Labute approximate surface area is 90.7 Å². The molecule has 1 unspecified atom stereocenters. The summed E-state index contributed by atoms with van der Waals surface area (Å²) in [4.78, 5) is 11.3. The van der Waals surface area contributed by atoms with Crippen LogP contribution in [-0.2, 0) is 11.2 Å². The van der Waals surface area contributed by atoms with Crippen LogP contribution in [0.4, 0.5) is 0 Å². The highest BCUT2D eigenvalue weighted by atomic mass is 16.2. The van der Waals surface area contributed by atoms with Gasteiger partial charge >= 0.3 is 0 Å². The highest BCUT2D eigenvalue weighted by molar-refractivity contribution is 5.81. The van der Waals surface area contributed by atoms with Gasteiger partial charge in [-0.2, -0.15) is 0 Å². The molecular weight excluding hydrogens is 188 g/mol. The molecule has 0 spiro atoms. The average Bonchev–Trinajstić information content (AvgIpc) is 2.18. The first-order chi connectivity index (χ1) is 7.09. The van der Waals surface area contributed by atoms with Crippen LogP contribution in [0.1, 0.15) is 19.4 Å². The summed E-state index contributed by atoms with van der Waals surface area (Å²) in [6.07, 6.45) is 0.833. The van der Waals surface area contributed by atoms with Gasteiger partial charge in [-0.3, -0.25) is 4.79 Å². The van der Waals surface area contributed by atoms with Crippen molar-refractivity contribution in [2.75, 3.05) is 0 Å². The fourth-order valence-electron chi connectivity index (χ4n) is 1.39. The molecule has 0 aromatic heterocycles. The minimum absolute atomic E-state index is 0.0987. The number of hydrogen-bond donors (Lipinski definition) is 2. The van der Waals surface area contributed by atoms with Crippen molar-refractivity contribution in [3.05, 3.63) is 35.9 Å². The van der Waals surface area contributed by atoms with Gasteiger partial charge in [-0.1, -0.05) is 30.3 Å². The van der Waals surface area contributed by atoms with Crippen LogP contribution >= 0.6 is 0 Å². The number of nitrogens with two attached hydrogens (primary N) is 1. The van der Waals surface area contributed by atoms with E-state index in [-0.39, 0.29) is 11.9 Å². The predicted octanol–water partition coefficient (Wildman–Crippen LogP) is 1.08. The van der Waals surface area contributed by atoms with Crippen LogP contribution < -0.4 is 11.1 Å². The van der Waals surface area contributed by atoms with Crippen LogP contribution in [-0.4, -0.2) is 18.0 Å². The maximum Gasteiger partial charge on any atom is 0.236 e. The van der Waals surface area contributed by atoms with Gasteiger partial charge in [0.2, 0.25) is 5.91 Å². The molecule has 3 N–H and O–H groups in total. The van der Waals surface area contributed by atoms with Crippen molar-refractivity contribution >= 4 is 5.91 Å². The van der Waals surface area contributed by atoms with E-state index in [1.54, 1.807) is 6.92 Å². The molecule has 0 aliphatic heterocycles. The van der Waals surface area contributed by atoms with E-state index in [4.69, 9.17) is 5.73 Å². The fourth-order valence-corrected chi connectivity index (χ4v) is 1.39. The van der Waals surface area contributed by atoms with Crippen LogP contribution in [0.5, 0.6) is 0 Å². The van der Waals surface area contributed by atoms with E-state index in [0.29, 0.717) is 0 Å². The van der Waals surface area contributed by atoms with Crippen molar-refractivity contribution in [1.82, 2.24) is 5.32 Å². The molecule has 1 rings (SSSR count). The van der Waals surface area contributed by atoms with Gasteiger partial charge in [0.1, 0.15) is 0 Å². The zero-order chi connectivity index (χ0) is 11.3. The number of carbonyl (C=O) groups excluding carboxylic acids is 1. The molecule has 3 heteroatoms. The maximum absolute atomic E-state index is 11.3. The van der Waals surface area contributed by atoms with Crippen LogP contribution in [0.25, 0.3) is 0 Å². The van der Waals surface area contributed by atoms with E-state index in [9.17, 15) is 4.79 Å². The summed E-state index contributed by atoms with van der Waals surface area (Å²) in [5.41, 5.74) is 6.68. The second-order valence-electron chi connectivity index (χ2n) is 3.89. The second-order valence-corrected chi connectivity index (χ2v) is 3.89. The van der Waals surface area contributed by atoms with Gasteiger partial charge in [0.05, 0.1) is 6.04 Å². The summed E-state index contributed by atoms with van der Waals surface area (Å²) >= 11 is 0. The van der Waals surface area contributed by atoms with Crippen molar-refractivity contribution in [3.8, 4) is 0 Å². The smallest absolute Gasteiger partial charge is 0.236 e. The van der Waals surface area contributed by atoms with E-state index in [2.05, 4.69) is 17.4 Å². The molecule has 0 fully saturated rings. The summed E-state index contributed by atoms with van der Waals surface area (Å²) in [6, 6.07) is 9.75. The van der Waals surface area contributed by atoms with Gasteiger partial charge in [-0.15, -0.1) is 0 Å². The number of amides is 1. The first-order valence-electron chi connectivity index (χ1n) is 5.19. The van der Waals surface area contributed by atoms with Crippen LogP contribution in [0.2, 0.25) is 0 Å². The van der Waals surface area contributed by atoms with Crippen molar-refractivity contribution in [2.24, 2.45) is 5.73 Å². The van der Waals surface area contributed by atoms with Crippen molar-refractivity contribution < 1.29 is 4.79 Å². The van der Waals surface area contributed by atoms with E-state index >= 15 is 0 Å². The summed E-state index contributed by atoms with van der Waals surface area (Å²) in [6.45, 7) is 3.66. The zero-order valence-corrected chi connectivity index (χ0v) is 9.23. The third kappa shape index (κ3) is 4.13. The molecule has 3 nitrogen and oxygen atoms in total. The molecule has 15 heavy (non-hydrogen) atoms. The molecule has 0 aliphatic carbocycles. The maximum atomic E-state index is 11.3. The molecule has 2 atom stereocenters. The summed E-state index contributed by atoms with van der Waals surface area (Å²) in [7, 11) is 0. The van der Waals surface area contributed by atoms with Crippen molar-refractivity contribution in [2.45, 2.75) is 32.4 Å². The predicted molar refractivity (Wildman–Crippen MR) is 61.4 cm³/mol.